The lowest BCUT2D eigenvalue weighted by Crippen LogP contribution is -2.24. The number of hydrogen-bond acceptors (Lipinski definition) is 3. The lowest BCUT2D eigenvalue weighted by atomic mass is 10.1. The molecule has 0 saturated carbocycles. The Morgan fingerprint density at radius 2 is 1.92 bits per heavy atom. The van der Waals surface area contributed by atoms with E-state index >= 15 is 0 Å². The molecule has 0 atom stereocenters. The summed E-state index contributed by atoms with van der Waals surface area (Å²) in [6.07, 6.45) is 1.78. The number of rotatable bonds is 5. The van der Waals surface area contributed by atoms with Crippen LogP contribution in [0.4, 0.5) is 5.69 Å². The van der Waals surface area contributed by atoms with Crippen LogP contribution in [0.5, 0.6) is 0 Å². The summed E-state index contributed by atoms with van der Waals surface area (Å²) in [7, 11) is 0. The summed E-state index contributed by atoms with van der Waals surface area (Å²) in [6.45, 7) is 9.76. The molecule has 138 valence electrons. The van der Waals surface area contributed by atoms with Gasteiger partial charge in [0.1, 0.15) is 0 Å². The number of carbonyl (C=O) groups excluding carboxylic acids is 1. The average Bonchev–Trinajstić information content (AvgIpc) is 2.88. The quantitative estimate of drug-likeness (QED) is 0.740. The highest BCUT2D eigenvalue weighted by Gasteiger charge is 2.17. The summed E-state index contributed by atoms with van der Waals surface area (Å²) < 4.78 is 1.96. The molecular formula is C20H25ClN4O. The first-order valence-electron chi connectivity index (χ1n) is 8.51. The lowest BCUT2D eigenvalue weighted by molar-refractivity contribution is 0.1000. The molecule has 0 radical (unpaired) electrons. The van der Waals surface area contributed by atoms with Crippen LogP contribution in [-0.4, -0.2) is 21.8 Å². The van der Waals surface area contributed by atoms with Gasteiger partial charge < -0.3 is 15.0 Å². The number of hydrogen-bond donors (Lipinski definition) is 1. The van der Waals surface area contributed by atoms with Crippen LogP contribution < -0.4 is 10.6 Å². The Morgan fingerprint density at radius 1 is 1.23 bits per heavy atom. The van der Waals surface area contributed by atoms with Gasteiger partial charge in [-0.1, -0.05) is 24.3 Å². The lowest BCUT2D eigenvalue weighted by Gasteiger charge is -2.25. The topological polar surface area (TPSA) is 63.6 Å². The third-order valence-corrected chi connectivity index (χ3v) is 4.81. The van der Waals surface area contributed by atoms with E-state index in [1.807, 2.05) is 30.4 Å². The van der Waals surface area contributed by atoms with Gasteiger partial charge in [-0.25, -0.2) is 4.98 Å². The van der Waals surface area contributed by atoms with Gasteiger partial charge in [0.2, 0.25) is 5.91 Å². The molecule has 0 saturated heterocycles. The molecule has 5 nitrogen and oxygen atoms in total. The minimum atomic E-state index is -0.430. The van der Waals surface area contributed by atoms with Crippen LogP contribution in [-0.2, 0) is 6.54 Å². The highest BCUT2D eigenvalue weighted by atomic mass is 35.5. The van der Waals surface area contributed by atoms with Crippen molar-refractivity contribution in [2.75, 3.05) is 11.4 Å². The summed E-state index contributed by atoms with van der Waals surface area (Å²) >= 11 is 0. The number of amides is 1. The smallest absolute Gasteiger partial charge is 0.250 e. The molecule has 2 N–H and O–H groups in total. The number of anilines is 1. The first-order chi connectivity index (χ1) is 11.9. The number of imidazole rings is 1. The van der Waals surface area contributed by atoms with E-state index < -0.39 is 5.91 Å². The molecule has 26 heavy (non-hydrogen) atoms. The number of nitrogens with two attached hydrogens (primary N) is 1. The first-order valence-corrected chi connectivity index (χ1v) is 8.51. The van der Waals surface area contributed by atoms with Gasteiger partial charge in [-0.15, -0.1) is 12.4 Å². The number of fused-ring (bicyclic) bond motifs is 1. The van der Waals surface area contributed by atoms with Crippen LogP contribution in [0.1, 0.15) is 39.8 Å². The molecule has 3 aromatic rings. The van der Waals surface area contributed by atoms with Gasteiger partial charge in [0.25, 0.3) is 0 Å². The second-order valence-electron chi connectivity index (χ2n) is 6.40. The molecule has 0 aliphatic carbocycles. The number of aromatic nitrogens is 2. The van der Waals surface area contributed by atoms with Crippen LogP contribution in [0.25, 0.3) is 5.65 Å². The average molecular weight is 373 g/mol. The fraction of sp³-hybridized carbons (Fsp3) is 0.300. The molecule has 1 aromatic carbocycles. The fourth-order valence-electron chi connectivity index (χ4n) is 3.08. The van der Waals surface area contributed by atoms with Crippen molar-refractivity contribution in [2.24, 2.45) is 5.73 Å². The van der Waals surface area contributed by atoms with Gasteiger partial charge in [-0.3, -0.25) is 4.79 Å². The number of carbonyl (C=O) groups is 1. The minimum absolute atomic E-state index is 0. The Labute approximate surface area is 160 Å². The Bertz CT molecular complexity index is 948. The van der Waals surface area contributed by atoms with Crippen molar-refractivity contribution in [1.82, 2.24) is 9.38 Å². The zero-order valence-corrected chi connectivity index (χ0v) is 16.4. The van der Waals surface area contributed by atoms with Crippen molar-refractivity contribution in [2.45, 2.75) is 34.2 Å². The number of nitrogens with zero attached hydrogens (tertiary/aromatic N) is 3. The second kappa shape index (κ2) is 7.79. The third kappa shape index (κ3) is 3.53. The van der Waals surface area contributed by atoms with Crippen molar-refractivity contribution in [3.8, 4) is 0 Å². The number of benzene rings is 1. The Morgan fingerprint density at radius 3 is 2.54 bits per heavy atom. The SMILES string of the molecule is CCN(Cc1ccccc1C)c1cc(C(N)=O)cn2c(C)c(C)nc12.Cl. The molecule has 0 unspecified atom stereocenters. The predicted molar refractivity (Wildman–Crippen MR) is 108 cm³/mol. The van der Waals surface area contributed by atoms with Crippen LogP contribution in [0, 0.1) is 20.8 Å². The van der Waals surface area contributed by atoms with Gasteiger partial charge in [-0.05, 0) is 44.9 Å². The maximum absolute atomic E-state index is 11.8. The second-order valence-corrected chi connectivity index (χ2v) is 6.40. The van der Waals surface area contributed by atoms with Gasteiger partial charge >= 0.3 is 0 Å². The number of pyridine rings is 1. The monoisotopic (exact) mass is 372 g/mol. The molecule has 0 fully saturated rings. The van der Waals surface area contributed by atoms with E-state index in [1.54, 1.807) is 6.20 Å². The molecule has 2 heterocycles. The van der Waals surface area contributed by atoms with E-state index in [2.05, 4.69) is 36.9 Å². The zero-order valence-electron chi connectivity index (χ0n) is 15.6. The Hall–Kier alpha value is -2.53. The van der Waals surface area contributed by atoms with Crippen molar-refractivity contribution >= 4 is 29.6 Å². The molecule has 2 aromatic heterocycles. The maximum Gasteiger partial charge on any atom is 0.250 e. The van der Waals surface area contributed by atoms with E-state index in [-0.39, 0.29) is 12.4 Å². The van der Waals surface area contributed by atoms with E-state index in [9.17, 15) is 4.79 Å². The number of halogens is 1. The standard InChI is InChI=1S/C20H24N4O.ClH/c1-5-23(11-16-9-7-6-8-13(16)2)18-10-17(19(21)25)12-24-15(4)14(3)22-20(18)24;/h6-10,12H,5,11H2,1-4H3,(H2,21,25);1H. The highest BCUT2D eigenvalue weighted by molar-refractivity contribution is 5.95. The summed E-state index contributed by atoms with van der Waals surface area (Å²) in [4.78, 5) is 18.8. The molecule has 3 rings (SSSR count). The molecule has 0 aliphatic heterocycles. The number of primary amides is 1. The van der Waals surface area contributed by atoms with Crippen molar-refractivity contribution in [1.29, 1.82) is 0 Å². The van der Waals surface area contributed by atoms with Crippen LogP contribution in [0.2, 0.25) is 0 Å². The third-order valence-electron chi connectivity index (χ3n) is 4.81. The van der Waals surface area contributed by atoms with E-state index in [4.69, 9.17) is 10.7 Å². The molecular weight excluding hydrogens is 348 g/mol. The van der Waals surface area contributed by atoms with E-state index in [0.717, 1.165) is 35.8 Å². The first kappa shape index (κ1) is 19.8. The van der Waals surface area contributed by atoms with Crippen molar-refractivity contribution < 1.29 is 4.79 Å². The van der Waals surface area contributed by atoms with Crippen LogP contribution >= 0.6 is 12.4 Å². The number of aryl methyl sites for hydroxylation is 3. The normalized spacial score (nSPS) is 10.6. The van der Waals surface area contributed by atoms with Crippen molar-refractivity contribution in [3.05, 3.63) is 64.6 Å². The summed E-state index contributed by atoms with van der Waals surface area (Å²) in [5.41, 5.74) is 12.3. The maximum atomic E-state index is 11.8. The summed E-state index contributed by atoms with van der Waals surface area (Å²) in [5, 5.41) is 0. The fourth-order valence-corrected chi connectivity index (χ4v) is 3.08. The molecule has 6 heteroatoms. The molecule has 1 amide bonds. The predicted octanol–water partition coefficient (Wildman–Crippen LogP) is 3.81. The molecule has 0 bridgehead atoms. The Kier molecular flexibility index (Phi) is 5.93. The summed E-state index contributed by atoms with van der Waals surface area (Å²) in [5.74, 6) is -0.430. The van der Waals surface area contributed by atoms with Crippen LogP contribution in [0.15, 0.2) is 36.5 Å². The van der Waals surface area contributed by atoms with E-state index in [0.29, 0.717) is 5.56 Å². The highest BCUT2D eigenvalue weighted by Crippen LogP contribution is 2.27. The zero-order chi connectivity index (χ0) is 18.1. The van der Waals surface area contributed by atoms with E-state index in [1.165, 1.54) is 11.1 Å². The Balaban J connectivity index is 0.00000243. The van der Waals surface area contributed by atoms with Gasteiger partial charge in [0.05, 0.1) is 16.9 Å². The molecule has 0 aliphatic rings. The summed E-state index contributed by atoms with van der Waals surface area (Å²) in [6, 6.07) is 10.2. The molecule has 0 spiro atoms. The van der Waals surface area contributed by atoms with Gasteiger partial charge in [0.15, 0.2) is 5.65 Å². The van der Waals surface area contributed by atoms with Gasteiger partial charge in [0, 0.05) is 25.0 Å². The largest absolute Gasteiger partial charge is 0.366 e. The minimum Gasteiger partial charge on any atom is -0.366 e. The van der Waals surface area contributed by atoms with Gasteiger partial charge in [-0.2, -0.15) is 0 Å². The van der Waals surface area contributed by atoms with Crippen molar-refractivity contribution in [3.63, 3.8) is 0 Å². The van der Waals surface area contributed by atoms with Crippen LogP contribution in [0.3, 0.4) is 0 Å².